The van der Waals surface area contributed by atoms with Crippen LogP contribution in [0.3, 0.4) is 0 Å². The summed E-state index contributed by atoms with van der Waals surface area (Å²) in [5.74, 6) is -0.454. The fourth-order valence-corrected chi connectivity index (χ4v) is 3.57. The lowest BCUT2D eigenvalue weighted by Crippen LogP contribution is -2.77. The van der Waals surface area contributed by atoms with Crippen LogP contribution in [0.4, 0.5) is 0 Å². The molecule has 124 valence electrons. The molecule has 4 nitrogen and oxygen atoms in total. The molecule has 0 aliphatic carbocycles. The van der Waals surface area contributed by atoms with Gasteiger partial charge in [-0.05, 0) is 36.1 Å². The number of nitroso groups, excluding NO2 is 1. The van der Waals surface area contributed by atoms with E-state index in [1.165, 1.54) is 5.56 Å². The molecule has 1 saturated heterocycles. The molecule has 0 atom stereocenters. The van der Waals surface area contributed by atoms with Crippen LogP contribution in [-0.4, -0.2) is 23.9 Å². The van der Waals surface area contributed by atoms with Crippen molar-refractivity contribution in [3.63, 3.8) is 0 Å². The number of likely N-dealkylation sites (tertiary alicyclic amines) is 1. The fourth-order valence-electron chi connectivity index (χ4n) is 3.45. The van der Waals surface area contributed by atoms with Gasteiger partial charge in [-0.2, -0.15) is 0 Å². The number of hydrogen-bond donors (Lipinski definition) is 1. The lowest BCUT2D eigenvalue weighted by Gasteiger charge is -2.37. The normalized spacial score (nSPS) is 17.4. The summed E-state index contributed by atoms with van der Waals surface area (Å²) in [5.41, 5.74) is 1.35. The summed E-state index contributed by atoms with van der Waals surface area (Å²) in [5, 5.41) is 2.24. The minimum Gasteiger partial charge on any atom is -0.299 e. The van der Waals surface area contributed by atoms with Crippen molar-refractivity contribution >= 4 is 17.5 Å². The summed E-state index contributed by atoms with van der Waals surface area (Å²) < 4.78 is 0. The zero-order chi connectivity index (χ0) is 17.0. The SMILES string of the molecule is O=[NH+]C(=O)C1(c2ccc(Cl)cc2)CCN(Cc2ccccc2)CC1. The summed E-state index contributed by atoms with van der Waals surface area (Å²) in [4.78, 5) is 25.8. The number of nitrogens with zero attached hydrogens (tertiary/aromatic N) is 1. The molecular formula is C19H20ClN2O2+. The first kappa shape index (κ1) is 16.8. The number of piperidine rings is 1. The van der Waals surface area contributed by atoms with Crippen molar-refractivity contribution < 1.29 is 9.97 Å². The third kappa shape index (κ3) is 3.40. The molecule has 1 N–H and O–H groups in total. The van der Waals surface area contributed by atoms with E-state index < -0.39 is 11.3 Å². The van der Waals surface area contributed by atoms with Crippen LogP contribution in [0.15, 0.2) is 54.6 Å². The Morgan fingerprint density at radius 3 is 2.25 bits per heavy atom. The van der Waals surface area contributed by atoms with Gasteiger partial charge in [0.05, 0.1) is 5.18 Å². The van der Waals surface area contributed by atoms with E-state index in [9.17, 15) is 9.70 Å². The van der Waals surface area contributed by atoms with E-state index in [1.54, 1.807) is 17.3 Å². The molecule has 0 saturated carbocycles. The zero-order valence-electron chi connectivity index (χ0n) is 13.4. The molecule has 1 heterocycles. The Hall–Kier alpha value is -2.04. The van der Waals surface area contributed by atoms with Crippen LogP contribution in [0.5, 0.6) is 0 Å². The Morgan fingerprint density at radius 2 is 1.67 bits per heavy atom. The number of benzene rings is 2. The van der Waals surface area contributed by atoms with E-state index in [0.717, 1.165) is 25.2 Å². The number of nitrogens with one attached hydrogen (secondary N) is 1. The largest absolute Gasteiger partial charge is 0.441 e. The van der Waals surface area contributed by atoms with E-state index in [2.05, 4.69) is 17.0 Å². The first-order valence-corrected chi connectivity index (χ1v) is 8.47. The highest BCUT2D eigenvalue weighted by atomic mass is 35.5. The predicted molar refractivity (Wildman–Crippen MR) is 93.4 cm³/mol. The maximum atomic E-state index is 12.4. The molecule has 0 unspecified atom stereocenters. The van der Waals surface area contributed by atoms with Gasteiger partial charge in [-0.3, -0.25) is 4.90 Å². The number of carbonyl (C=O) groups excluding carboxylic acids is 1. The predicted octanol–water partition coefficient (Wildman–Crippen LogP) is 2.25. The van der Waals surface area contributed by atoms with Gasteiger partial charge in [0.1, 0.15) is 5.41 Å². The van der Waals surface area contributed by atoms with Gasteiger partial charge >= 0.3 is 5.91 Å². The number of halogens is 1. The second-order valence-corrected chi connectivity index (χ2v) is 6.72. The second-order valence-electron chi connectivity index (χ2n) is 6.28. The summed E-state index contributed by atoms with van der Waals surface area (Å²) >= 11 is 5.95. The quantitative estimate of drug-likeness (QED) is 0.926. The second kappa shape index (κ2) is 7.24. The zero-order valence-corrected chi connectivity index (χ0v) is 14.1. The van der Waals surface area contributed by atoms with Crippen molar-refractivity contribution in [1.82, 2.24) is 4.90 Å². The number of carbonyl (C=O) groups is 1. The van der Waals surface area contributed by atoms with Gasteiger partial charge in [-0.1, -0.05) is 54.1 Å². The molecule has 2 aromatic carbocycles. The molecule has 0 radical (unpaired) electrons. The van der Waals surface area contributed by atoms with E-state index in [0.29, 0.717) is 17.9 Å². The summed E-state index contributed by atoms with van der Waals surface area (Å²) in [6, 6.07) is 17.5. The van der Waals surface area contributed by atoms with Crippen LogP contribution >= 0.6 is 11.6 Å². The van der Waals surface area contributed by atoms with Crippen molar-refractivity contribution in [2.75, 3.05) is 13.1 Å². The minimum absolute atomic E-state index is 0.454. The maximum Gasteiger partial charge on any atom is 0.441 e. The Bertz CT molecular complexity index is 708. The lowest BCUT2D eigenvalue weighted by molar-refractivity contribution is -0.406. The first-order chi connectivity index (χ1) is 11.6. The van der Waals surface area contributed by atoms with Crippen LogP contribution in [-0.2, 0) is 16.8 Å². The fraction of sp³-hybridized carbons (Fsp3) is 0.316. The van der Waals surface area contributed by atoms with Crippen molar-refractivity contribution in [3.8, 4) is 0 Å². The summed E-state index contributed by atoms with van der Waals surface area (Å²) in [7, 11) is 0. The summed E-state index contributed by atoms with van der Waals surface area (Å²) in [6.07, 6.45) is 1.24. The van der Waals surface area contributed by atoms with Crippen LogP contribution < -0.4 is 5.18 Å². The van der Waals surface area contributed by atoms with Gasteiger partial charge in [0.25, 0.3) is 0 Å². The van der Waals surface area contributed by atoms with E-state index >= 15 is 0 Å². The molecule has 0 bridgehead atoms. The van der Waals surface area contributed by atoms with Gasteiger partial charge in [0.2, 0.25) is 0 Å². The molecule has 1 fully saturated rings. The highest BCUT2D eigenvalue weighted by Gasteiger charge is 2.47. The Kier molecular flexibility index (Phi) is 5.07. The lowest BCUT2D eigenvalue weighted by atomic mass is 9.72. The molecular weight excluding hydrogens is 324 g/mol. The maximum absolute atomic E-state index is 12.4. The highest BCUT2D eigenvalue weighted by molar-refractivity contribution is 6.30. The van der Waals surface area contributed by atoms with E-state index in [4.69, 9.17) is 11.6 Å². The molecule has 5 heteroatoms. The van der Waals surface area contributed by atoms with Crippen molar-refractivity contribution in [1.29, 1.82) is 0 Å². The molecule has 3 rings (SSSR count). The van der Waals surface area contributed by atoms with Gasteiger partial charge < -0.3 is 0 Å². The van der Waals surface area contributed by atoms with Crippen LogP contribution in [0.2, 0.25) is 5.02 Å². The third-order valence-electron chi connectivity index (χ3n) is 4.88. The van der Waals surface area contributed by atoms with Crippen molar-refractivity contribution in [2.24, 2.45) is 0 Å². The average Bonchev–Trinajstić information content (AvgIpc) is 2.63. The molecule has 0 spiro atoms. The molecule has 1 aliphatic rings. The Balaban J connectivity index is 1.77. The smallest absolute Gasteiger partial charge is 0.299 e. The van der Waals surface area contributed by atoms with Crippen LogP contribution in [0, 0.1) is 4.91 Å². The Labute approximate surface area is 146 Å². The summed E-state index contributed by atoms with van der Waals surface area (Å²) in [6.45, 7) is 2.40. The number of hydrogen-bond acceptors (Lipinski definition) is 3. The molecule has 1 amide bonds. The van der Waals surface area contributed by atoms with Gasteiger partial charge in [-0.15, -0.1) is 0 Å². The van der Waals surface area contributed by atoms with Crippen LogP contribution in [0.25, 0.3) is 0 Å². The molecule has 24 heavy (non-hydrogen) atoms. The average molecular weight is 344 g/mol. The standard InChI is InChI=1S/C19H19ClN2O2/c20-17-8-6-16(7-9-17)19(18(23)21-24)10-12-22(13-11-19)14-15-4-2-1-3-5-15/h1-9H,10-14H2/p+1. The van der Waals surface area contributed by atoms with Crippen molar-refractivity contribution in [2.45, 2.75) is 24.8 Å². The monoisotopic (exact) mass is 343 g/mol. The minimum atomic E-state index is -0.764. The Morgan fingerprint density at radius 1 is 1.04 bits per heavy atom. The van der Waals surface area contributed by atoms with Crippen molar-refractivity contribution in [3.05, 3.63) is 75.7 Å². The van der Waals surface area contributed by atoms with E-state index in [-0.39, 0.29) is 0 Å². The number of rotatable bonds is 4. The van der Waals surface area contributed by atoms with Gasteiger partial charge in [0.15, 0.2) is 0 Å². The first-order valence-electron chi connectivity index (χ1n) is 8.09. The highest BCUT2D eigenvalue weighted by Crippen LogP contribution is 2.36. The molecule has 0 aromatic heterocycles. The topological polar surface area (TPSA) is 51.4 Å². The van der Waals surface area contributed by atoms with E-state index in [1.807, 2.05) is 30.3 Å². The van der Waals surface area contributed by atoms with Gasteiger partial charge in [-0.25, -0.2) is 4.79 Å². The van der Waals surface area contributed by atoms with Gasteiger partial charge in [0, 0.05) is 29.6 Å². The number of amides is 1. The molecule has 2 aromatic rings. The van der Waals surface area contributed by atoms with Crippen LogP contribution in [0.1, 0.15) is 24.0 Å². The third-order valence-corrected chi connectivity index (χ3v) is 5.13. The molecule has 1 aliphatic heterocycles.